The van der Waals surface area contributed by atoms with Gasteiger partial charge in [-0.3, -0.25) is 0 Å². The molecule has 3 heteroatoms. The summed E-state index contributed by atoms with van der Waals surface area (Å²) in [5, 5.41) is 10.6. The molecule has 0 heterocycles. The van der Waals surface area contributed by atoms with Gasteiger partial charge in [0.25, 0.3) is 0 Å². The van der Waals surface area contributed by atoms with Crippen LogP contribution in [0.1, 0.15) is 36.8 Å². The highest BCUT2D eigenvalue weighted by molar-refractivity contribution is 5.32. The van der Waals surface area contributed by atoms with Crippen molar-refractivity contribution in [2.45, 2.75) is 44.2 Å². The molecule has 88 valence electrons. The van der Waals surface area contributed by atoms with Crippen LogP contribution in [-0.2, 0) is 5.60 Å². The van der Waals surface area contributed by atoms with Crippen LogP contribution in [0.4, 0.5) is 4.39 Å². The lowest BCUT2D eigenvalue weighted by Gasteiger charge is -2.36. The van der Waals surface area contributed by atoms with Crippen molar-refractivity contribution >= 4 is 0 Å². The number of rotatable bonds is 1. The fourth-order valence-electron chi connectivity index (χ4n) is 2.54. The van der Waals surface area contributed by atoms with Crippen molar-refractivity contribution in [1.29, 1.82) is 0 Å². The van der Waals surface area contributed by atoms with E-state index in [1.165, 1.54) is 12.1 Å². The Morgan fingerprint density at radius 2 is 2.00 bits per heavy atom. The molecule has 1 fully saturated rings. The van der Waals surface area contributed by atoms with Gasteiger partial charge in [0.1, 0.15) is 5.82 Å². The lowest BCUT2D eigenvalue weighted by Crippen LogP contribution is -2.37. The van der Waals surface area contributed by atoms with Gasteiger partial charge in [-0.25, -0.2) is 4.39 Å². The molecule has 0 aromatic heterocycles. The summed E-state index contributed by atoms with van der Waals surface area (Å²) < 4.78 is 13.0. The minimum atomic E-state index is -0.812. The van der Waals surface area contributed by atoms with Crippen LogP contribution in [0.25, 0.3) is 0 Å². The molecule has 0 aliphatic heterocycles. The van der Waals surface area contributed by atoms with E-state index in [2.05, 4.69) is 0 Å². The van der Waals surface area contributed by atoms with E-state index in [1.807, 2.05) is 6.92 Å². The van der Waals surface area contributed by atoms with Crippen LogP contribution in [0.3, 0.4) is 0 Å². The van der Waals surface area contributed by atoms with Crippen molar-refractivity contribution in [3.63, 3.8) is 0 Å². The van der Waals surface area contributed by atoms with E-state index in [1.54, 1.807) is 6.07 Å². The van der Waals surface area contributed by atoms with Gasteiger partial charge in [0.05, 0.1) is 5.60 Å². The quantitative estimate of drug-likeness (QED) is 0.767. The Labute approximate surface area is 95.3 Å². The molecule has 3 N–H and O–H groups in total. The first kappa shape index (κ1) is 11.6. The Hall–Kier alpha value is -0.930. The highest BCUT2D eigenvalue weighted by Gasteiger charge is 2.34. The molecule has 1 saturated carbocycles. The van der Waals surface area contributed by atoms with Gasteiger partial charge in [0.15, 0.2) is 0 Å². The predicted molar refractivity (Wildman–Crippen MR) is 61.5 cm³/mol. The molecule has 1 aromatic carbocycles. The number of nitrogens with two attached hydrogens (primary N) is 1. The van der Waals surface area contributed by atoms with E-state index in [9.17, 15) is 9.50 Å². The molecular formula is C13H18FNO. The number of hydrogen-bond acceptors (Lipinski definition) is 2. The summed E-state index contributed by atoms with van der Waals surface area (Å²) in [4.78, 5) is 0. The van der Waals surface area contributed by atoms with Gasteiger partial charge in [0, 0.05) is 6.04 Å². The summed E-state index contributed by atoms with van der Waals surface area (Å²) in [6.07, 6.45) is 2.99. The molecule has 0 saturated heterocycles. The lowest BCUT2D eigenvalue weighted by molar-refractivity contribution is -0.00555. The number of hydrogen-bond donors (Lipinski definition) is 2. The highest BCUT2D eigenvalue weighted by Crippen LogP contribution is 2.38. The number of benzene rings is 1. The van der Waals surface area contributed by atoms with Crippen molar-refractivity contribution in [1.82, 2.24) is 0 Å². The second-order valence-electron chi connectivity index (χ2n) is 4.83. The van der Waals surface area contributed by atoms with Crippen molar-refractivity contribution in [2.24, 2.45) is 5.73 Å². The SMILES string of the molecule is Cc1cc(F)ccc1C1(O)CCC(N)CC1. The van der Waals surface area contributed by atoms with Gasteiger partial charge < -0.3 is 10.8 Å². The maximum absolute atomic E-state index is 13.0. The summed E-state index contributed by atoms with van der Waals surface area (Å²) in [7, 11) is 0. The Kier molecular flexibility index (Phi) is 3.00. The van der Waals surface area contributed by atoms with E-state index in [-0.39, 0.29) is 11.9 Å². The molecule has 1 aliphatic carbocycles. The van der Waals surface area contributed by atoms with Crippen LogP contribution in [0.5, 0.6) is 0 Å². The molecular weight excluding hydrogens is 205 g/mol. The van der Waals surface area contributed by atoms with Gasteiger partial charge in [-0.1, -0.05) is 6.07 Å². The standard InChI is InChI=1S/C13H18FNO/c1-9-8-10(14)2-3-12(9)13(16)6-4-11(15)5-7-13/h2-3,8,11,16H,4-7,15H2,1H3. The van der Waals surface area contributed by atoms with Gasteiger partial charge in [-0.05, 0) is 55.9 Å². The third-order valence-electron chi connectivity index (χ3n) is 3.55. The van der Waals surface area contributed by atoms with Crippen LogP contribution in [0.15, 0.2) is 18.2 Å². The van der Waals surface area contributed by atoms with Crippen molar-refractivity contribution in [2.75, 3.05) is 0 Å². The zero-order valence-corrected chi connectivity index (χ0v) is 9.54. The van der Waals surface area contributed by atoms with Crippen LogP contribution in [-0.4, -0.2) is 11.1 Å². The monoisotopic (exact) mass is 223 g/mol. The van der Waals surface area contributed by atoms with Crippen molar-refractivity contribution < 1.29 is 9.50 Å². The third kappa shape index (κ3) is 2.11. The Morgan fingerprint density at radius 1 is 1.38 bits per heavy atom. The van der Waals surface area contributed by atoms with Crippen LogP contribution < -0.4 is 5.73 Å². The lowest BCUT2D eigenvalue weighted by atomic mass is 9.76. The molecule has 0 atom stereocenters. The fourth-order valence-corrected chi connectivity index (χ4v) is 2.54. The number of halogens is 1. The molecule has 16 heavy (non-hydrogen) atoms. The first-order chi connectivity index (χ1) is 7.51. The van der Waals surface area contributed by atoms with Gasteiger partial charge >= 0.3 is 0 Å². The minimum Gasteiger partial charge on any atom is -0.385 e. The summed E-state index contributed by atoms with van der Waals surface area (Å²) in [5.41, 5.74) is 6.68. The number of aliphatic hydroxyl groups is 1. The predicted octanol–water partition coefficient (Wildman–Crippen LogP) is 2.22. The molecule has 0 amide bonds. The van der Waals surface area contributed by atoms with Gasteiger partial charge in [-0.15, -0.1) is 0 Å². The van der Waals surface area contributed by atoms with Gasteiger partial charge in [0.2, 0.25) is 0 Å². The van der Waals surface area contributed by atoms with Crippen LogP contribution in [0.2, 0.25) is 0 Å². The van der Waals surface area contributed by atoms with E-state index in [0.29, 0.717) is 12.8 Å². The highest BCUT2D eigenvalue weighted by atomic mass is 19.1. The third-order valence-corrected chi connectivity index (χ3v) is 3.55. The fraction of sp³-hybridized carbons (Fsp3) is 0.538. The zero-order valence-electron chi connectivity index (χ0n) is 9.54. The molecule has 2 rings (SSSR count). The topological polar surface area (TPSA) is 46.2 Å². The molecule has 1 aliphatic rings. The Balaban J connectivity index is 2.29. The smallest absolute Gasteiger partial charge is 0.123 e. The van der Waals surface area contributed by atoms with Crippen molar-refractivity contribution in [3.05, 3.63) is 35.1 Å². The maximum Gasteiger partial charge on any atom is 0.123 e. The average Bonchev–Trinajstić information content (AvgIpc) is 2.22. The first-order valence-electron chi connectivity index (χ1n) is 5.76. The van der Waals surface area contributed by atoms with E-state index < -0.39 is 5.60 Å². The summed E-state index contributed by atoms with van der Waals surface area (Å²) in [5.74, 6) is -0.252. The maximum atomic E-state index is 13.0. The minimum absolute atomic E-state index is 0.195. The first-order valence-corrected chi connectivity index (χ1v) is 5.76. The summed E-state index contributed by atoms with van der Waals surface area (Å²) in [6, 6.07) is 4.78. The molecule has 0 unspecified atom stereocenters. The van der Waals surface area contributed by atoms with E-state index in [0.717, 1.165) is 24.0 Å². The molecule has 1 aromatic rings. The van der Waals surface area contributed by atoms with Gasteiger partial charge in [-0.2, -0.15) is 0 Å². The second-order valence-corrected chi connectivity index (χ2v) is 4.83. The zero-order chi connectivity index (χ0) is 11.8. The number of aryl methyl sites for hydroxylation is 1. The summed E-state index contributed by atoms with van der Waals surface area (Å²) >= 11 is 0. The Bertz CT molecular complexity index is 384. The van der Waals surface area contributed by atoms with E-state index in [4.69, 9.17) is 5.73 Å². The Morgan fingerprint density at radius 3 is 2.56 bits per heavy atom. The summed E-state index contributed by atoms with van der Waals surface area (Å²) in [6.45, 7) is 1.84. The second kappa shape index (κ2) is 4.15. The molecule has 0 radical (unpaired) electrons. The molecule has 0 spiro atoms. The van der Waals surface area contributed by atoms with Crippen LogP contribution in [0, 0.1) is 12.7 Å². The molecule has 2 nitrogen and oxygen atoms in total. The largest absolute Gasteiger partial charge is 0.385 e. The van der Waals surface area contributed by atoms with E-state index >= 15 is 0 Å². The molecule has 0 bridgehead atoms. The normalized spacial score (nSPS) is 30.4. The van der Waals surface area contributed by atoms with Crippen molar-refractivity contribution in [3.8, 4) is 0 Å². The van der Waals surface area contributed by atoms with Crippen LogP contribution >= 0.6 is 0 Å². The average molecular weight is 223 g/mol.